The topological polar surface area (TPSA) is 29.9 Å². The molecular formula is C11H17N3. The lowest BCUT2D eigenvalue weighted by Crippen LogP contribution is -2.20. The smallest absolute Gasteiger partial charge is 0.108 e. The fourth-order valence-electron chi connectivity index (χ4n) is 2.65. The summed E-state index contributed by atoms with van der Waals surface area (Å²) in [5.41, 5.74) is 1.43. The first kappa shape index (κ1) is 8.48. The van der Waals surface area contributed by atoms with Crippen molar-refractivity contribution in [3.8, 4) is 0 Å². The molecule has 1 aromatic heterocycles. The summed E-state index contributed by atoms with van der Waals surface area (Å²) in [6, 6.07) is 0.578. The van der Waals surface area contributed by atoms with Crippen molar-refractivity contribution in [3.63, 3.8) is 0 Å². The lowest BCUT2D eigenvalue weighted by atomic mass is 10.1. The number of hydrogen-bond acceptors (Lipinski definition) is 2. The van der Waals surface area contributed by atoms with Gasteiger partial charge in [-0.15, -0.1) is 0 Å². The number of rotatable bonds is 1. The van der Waals surface area contributed by atoms with Gasteiger partial charge < -0.3 is 9.88 Å². The number of nitrogens with one attached hydrogen (secondary N) is 1. The second-order valence-corrected chi connectivity index (χ2v) is 4.36. The minimum atomic E-state index is 0.578. The van der Waals surface area contributed by atoms with E-state index in [4.69, 9.17) is 0 Å². The molecule has 3 rings (SSSR count). The first-order chi connectivity index (χ1) is 6.95. The maximum atomic E-state index is 4.52. The van der Waals surface area contributed by atoms with E-state index < -0.39 is 0 Å². The Morgan fingerprint density at radius 2 is 2.36 bits per heavy atom. The lowest BCUT2D eigenvalue weighted by Gasteiger charge is -2.19. The van der Waals surface area contributed by atoms with Crippen LogP contribution in [-0.2, 0) is 13.0 Å². The van der Waals surface area contributed by atoms with Gasteiger partial charge in [0.05, 0.1) is 11.9 Å². The molecule has 0 aliphatic carbocycles. The van der Waals surface area contributed by atoms with E-state index >= 15 is 0 Å². The molecule has 3 heterocycles. The maximum Gasteiger partial charge on any atom is 0.108 e. The lowest BCUT2D eigenvalue weighted by molar-refractivity contribution is 0.482. The molecular weight excluding hydrogens is 174 g/mol. The van der Waals surface area contributed by atoms with E-state index in [-0.39, 0.29) is 0 Å². The first-order valence-electron chi connectivity index (χ1n) is 5.73. The standard InChI is InChI=1S/C11H17N3/c1-2-7-14-10(8-13-11(14)5-1)9-4-3-6-12-9/h8-9,12H,1-7H2. The summed E-state index contributed by atoms with van der Waals surface area (Å²) in [7, 11) is 0. The highest BCUT2D eigenvalue weighted by Crippen LogP contribution is 2.26. The zero-order valence-electron chi connectivity index (χ0n) is 8.50. The Balaban J connectivity index is 1.93. The molecule has 14 heavy (non-hydrogen) atoms. The van der Waals surface area contributed by atoms with Gasteiger partial charge in [0.1, 0.15) is 5.82 Å². The van der Waals surface area contributed by atoms with E-state index in [1.807, 2.05) is 0 Å². The minimum Gasteiger partial charge on any atom is -0.331 e. The van der Waals surface area contributed by atoms with E-state index in [1.54, 1.807) is 0 Å². The second-order valence-electron chi connectivity index (χ2n) is 4.36. The second kappa shape index (κ2) is 3.39. The van der Waals surface area contributed by atoms with Crippen LogP contribution in [0.4, 0.5) is 0 Å². The Morgan fingerprint density at radius 1 is 1.36 bits per heavy atom. The predicted octanol–water partition coefficient (Wildman–Crippen LogP) is 1.64. The molecule has 1 unspecified atom stereocenters. The Kier molecular flexibility index (Phi) is 2.05. The Hall–Kier alpha value is -0.830. The average Bonchev–Trinajstić information content (AvgIpc) is 2.85. The molecule has 0 amide bonds. The van der Waals surface area contributed by atoms with E-state index in [9.17, 15) is 0 Å². The van der Waals surface area contributed by atoms with Crippen LogP contribution in [-0.4, -0.2) is 16.1 Å². The largest absolute Gasteiger partial charge is 0.331 e. The fourth-order valence-corrected chi connectivity index (χ4v) is 2.65. The van der Waals surface area contributed by atoms with Gasteiger partial charge in [-0.25, -0.2) is 4.98 Å². The number of imidazole rings is 1. The van der Waals surface area contributed by atoms with Gasteiger partial charge in [-0.1, -0.05) is 0 Å². The Morgan fingerprint density at radius 3 is 3.21 bits per heavy atom. The zero-order chi connectivity index (χ0) is 9.38. The van der Waals surface area contributed by atoms with E-state index in [0.29, 0.717) is 6.04 Å². The van der Waals surface area contributed by atoms with Gasteiger partial charge in [0.25, 0.3) is 0 Å². The van der Waals surface area contributed by atoms with Crippen molar-refractivity contribution < 1.29 is 0 Å². The van der Waals surface area contributed by atoms with Crippen LogP contribution in [0.2, 0.25) is 0 Å². The summed E-state index contributed by atoms with van der Waals surface area (Å²) in [4.78, 5) is 4.52. The van der Waals surface area contributed by atoms with Crippen LogP contribution in [0.25, 0.3) is 0 Å². The van der Waals surface area contributed by atoms with E-state index in [2.05, 4.69) is 21.1 Å². The fraction of sp³-hybridized carbons (Fsp3) is 0.727. The molecule has 2 aliphatic heterocycles. The molecule has 2 aliphatic rings. The van der Waals surface area contributed by atoms with Crippen LogP contribution >= 0.6 is 0 Å². The summed E-state index contributed by atoms with van der Waals surface area (Å²) in [5, 5.41) is 3.55. The molecule has 3 heteroatoms. The normalized spacial score (nSPS) is 26.4. The van der Waals surface area contributed by atoms with Crippen molar-refractivity contribution in [3.05, 3.63) is 17.7 Å². The number of fused-ring (bicyclic) bond motifs is 1. The van der Waals surface area contributed by atoms with Crippen molar-refractivity contribution >= 4 is 0 Å². The summed E-state index contributed by atoms with van der Waals surface area (Å²) in [6.07, 6.45) is 8.49. The van der Waals surface area contributed by atoms with Gasteiger partial charge in [-0.3, -0.25) is 0 Å². The third-order valence-electron chi connectivity index (χ3n) is 3.42. The summed E-state index contributed by atoms with van der Waals surface area (Å²) in [6.45, 7) is 2.36. The van der Waals surface area contributed by atoms with Crippen molar-refractivity contribution in [2.45, 2.75) is 44.7 Å². The number of aryl methyl sites for hydroxylation is 1. The summed E-state index contributed by atoms with van der Waals surface area (Å²) in [5.74, 6) is 1.31. The third-order valence-corrected chi connectivity index (χ3v) is 3.42. The van der Waals surface area contributed by atoms with Crippen LogP contribution < -0.4 is 5.32 Å². The number of aromatic nitrogens is 2. The van der Waals surface area contributed by atoms with Crippen LogP contribution in [0.5, 0.6) is 0 Å². The minimum absolute atomic E-state index is 0.578. The summed E-state index contributed by atoms with van der Waals surface area (Å²) >= 11 is 0. The quantitative estimate of drug-likeness (QED) is 0.731. The van der Waals surface area contributed by atoms with Crippen LogP contribution in [0.15, 0.2) is 6.20 Å². The molecule has 0 spiro atoms. The molecule has 0 aromatic carbocycles. The highest BCUT2D eigenvalue weighted by Gasteiger charge is 2.22. The number of hydrogen-bond donors (Lipinski definition) is 1. The molecule has 1 fully saturated rings. The Labute approximate surface area is 84.5 Å². The monoisotopic (exact) mass is 191 g/mol. The van der Waals surface area contributed by atoms with Gasteiger partial charge >= 0.3 is 0 Å². The SMILES string of the molecule is c1nc2n(c1C1CCCN1)CCCC2. The van der Waals surface area contributed by atoms with Gasteiger partial charge in [-0.2, -0.15) is 0 Å². The first-order valence-corrected chi connectivity index (χ1v) is 5.73. The summed E-state index contributed by atoms with van der Waals surface area (Å²) < 4.78 is 2.44. The highest BCUT2D eigenvalue weighted by molar-refractivity contribution is 5.13. The van der Waals surface area contributed by atoms with Crippen molar-refractivity contribution in [2.24, 2.45) is 0 Å². The molecule has 1 aromatic rings. The molecule has 0 radical (unpaired) electrons. The number of nitrogens with zero attached hydrogens (tertiary/aromatic N) is 2. The van der Waals surface area contributed by atoms with Crippen molar-refractivity contribution in [1.82, 2.24) is 14.9 Å². The highest BCUT2D eigenvalue weighted by atomic mass is 15.1. The molecule has 0 bridgehead atoms. The van der Waals surface area contributed by atoms with Crippen molar-refractivity contribution in [1.29, 1.82) is 0 Å². The van der Waals surface area contributed by atoms with Gasteiger partial charge in [0.2, 0.25) is 0 Å². The zero-order valence-corrected chi connectivity index (χ0v) is 8.50. The molecule has 76 valence electrons. The van der Waals surface area contributed by atoms with Gasteiger partial charge in [0, 0.05) is 19.0 Å². The van der Waals surface area contributed by atoms with E-state index in [0.717, 1.165) is 0 Å². The van der Waals surface area contributed by atoms with Gasteiger partial charge in [0.15, 0.2) is 0 Å². The molecule has 1 saturated heterocycles. The molecule has 1 N–H and O–H groups in total. The molecule has 3 nitrogen and oxygen atoms in total. The third kappa shape index (κ3) is 1.27. The Bertz CT molecular complexity index is 323. The average molecular weight is 191 g/mol. The predicted molar refractivity (Wildman–Crippen MR) is 55.1 cm³/mol. The maximum absolute atomic E-state index is 4.52. The molecule has 1 atom stereocenters. The van der Waals surface area contributed by atoms with Crippen LogP contribution in [0, 0.1) is 0 Å². The van der Waals surface area contributed by atoms with Crippen LogP contribution in [0.3, 0.4) is 0 Å². The van der Waals surface area contributed by atoms with E-state index in [1.165, 1.54) is 56.7 Å². The van der Waals surface area contributed by atoms with Gasteiger partial charge in [-0.05, 0) is 32.2 Å². The molecule has 0 saturated carbocycles. The van der Waals surface area contributed by atoms with Crippen LogP contribution in [0.1, 0.15) is 43.2 Å². The van der Waals surface area contributed by atoms with Crippen molar-refractivity contribution in [2.75, 3.05) is 6.54 Å².